The predicted molar refractivity (Wildman–Crippen MR) is 90.2 cm³/mol. The van der Waals surface area contributed by atoms with Gasteiger partial charge in [0.2, 0.25) is 0 Å². The molecule has 20 heavy (non-hydrogen) atoms. The van der Waals surface area contributed by atoms with Gasteiger partial charge in [0.15, 0.2) is 0 Å². The molecule has 1 N–H and O–H groups in total. The van der Waals surface area contributed by atoms with Crippen LogP contribution in [-0.2, 0) is 0 Å². The van der Waals surface area contributed by atoms with Crippen LogP contribution in [0.1, 0.15) is 65.4 Å². The van der Waals surface area contributed by atoms with Gasteiger partial charge < -0.3 is 5.32 Å². The lowest BCUT2D eigenvalue weighted by Gasteiger charge is -2.34. The van der Waals surface area contributed by atoms with Crippen LogP contribution in [0, 0.1) is 11.8 Å². The smallest absolute Gasteiger partial charge is 0.0141 e. The van der Waals surface area contributed by atoms with Gasteiger partial charge in [0.05, 0.1) is 0 Å². The van der Waals surface area contributed by atoms with Gasteiger partial charge in [0.25, 0.3) is 0 Å². The van der Waals surface area contributed by atoms with E-state index >= 15 is 0 Å². The molecule has 0 radical (unpaired) electrons. The standard InChI is InChI=1S/C19H33N/c1-6-13-20-18(14-15(3)4)19(16(5)7-2)17-11-9-8-10-12-17/h8-12,15-16,18-20H,6-7,13-14H2,1-5H3. The highest BCUT2D eigenvalue weighted by Crippen LogP contribution is 2.33. The molecule has 0 saturated carbocycles. The van der Waals surface area contributed by atoms with Crippen LogP contribution in [-0.4, -0.2) is 12.6 Å². The Morgan fingerprint density at radius 1 is 1.00 bits per heavy atom. The minimum Gasteiger partial charge on any atom is -0.313 e. The highest BCUT2D eigenvalue weighted by molar-refractivity contribution is 5.22. The van der Waals surface area contributed by atoms with E-state index in [4.69, 9.17) is 0 Å². The summed E-state index contributed by atoms with van der Waals surface area (Å²) in [4.78, 5) is 0. The van der Waals surface area contributed by atoms with Crippen molar-refractivity contribution in [3.63, 3.8) is 0 Å². The van der Waals surface area contributed by atoms with Crippen LogP contribution < -0.4 is 5.32 Å². The van der Waals surface area contributed by atoms with Crippen molar-refractivity contribution in [2.24, 2.45) is 11.8 Å². The molecule has 0 spiro atoms. The van der Waals surface area contributed by atoms with Crippen LogP contribution in [0.25, 0.3) is 0 Å². The third-order valence-electron chi connectivity index (χ3n) is 4.26. The summed E-state index contributed by atoms with van der Waals surface area (Å²) in [6.07, 6.45) is 3.70. The molecule has 1 aromatic carbocycles. The van der Waals surface area contributed by atoms with Gasteiger partial charge >= 0.3 is 0 Å². The summed E-state index contributed by atoms with van der Waals surface area (Å²) < 4.78 is 0. The lowest BCUT2D eigenvalue weighted by atomic mass is 9.77. The molecular formula is C19H33N. The van der Waals surface area contributed by atoms with E-state index in [-0.39, 0.29) is 0 Å². The molecular weight excluding hydrogens is 242 g/mol. The maximum atomic E-state index is 3.81. The van der Waals surface area contributed by atoms with E-state index in [1.54, 1.807) is 0 Å². The van der Waals surface area contributed by atoms with Crippen molar-refractivity contribution >= 4 is 0 Å². The quantitative estimate of drug-likeness (QED) is 0.650. The zero-order valence-electron chi connectivity index (χ0n) is 14.0. The van der Waals surface area contributed by atoms with Gasteiger partial charge in [-0.25, -0.2) is 0 Å². The highest BCUT2D eigenvalue weighted by atomic mass is 14.9. The molecule has 1 nitrogen and oxygen atoms in total. The molecule has 0 fully saturated rings. The third-order valence-corrected chi connectivity index (χ3v) is 4.26. The average molecular weight is 275 g/mol. The van der Waals surface area contributed by atoms with Crippen LogP contribution in [0.4, 0.5) is 0 Å². The van der Waals surface area contributed by atoms with Gasteiger partial charge in [-0.2, -0.15) is 0 Å². The van der Waals surface area contributed by atoms with Crippen molar-refractivity contribution < 1.29 is 0 Å². The summed E-state index contributed by atoms with van der Waals surface area (Å²) in [5, 5.41) is 3.81. The number of rotatable bonds is 9. The van der Waals surface area contributed by atoms with Crippen molar-refractivity contribution in [3.8, 4) is 0 Å². The molecule has 114 valence electrons. The fourth-order valence-corrected chi connectivity index (χ4v) is 3.08. The minimum atomic E-state index is 0.590. The number of benzene rings is 1. The average Bonchev–Trinajstić information content (AvgIpc) is 2.45. The van der Waals surface area contributed by atoms with E-state index < -0.39 is 0 Å². The molecule has 3 atom stereocenters. The Morgan fingerprint density at radius 2 is 1.65 bits per heavy atom. The summed E-state index contributed by atoms with van der Waals surface area (Å²) in [5.74, 6) is 2.07. The maximum absolute atomic E-state index is 3.81. The molecule has 0 bridgehead atoms. The van der Waals surface area contributed by atoms with E-state index in [0.717, 1.165) is 12.5 Å². The zero-order chi connectivity index (χ0) is 15.0. The van der Waals surface area contributed by atoms with E-state index in [9.17, 15) is 0 Å². The lowest BCUT2D eigenvalue weighted by Crippen LogP contribution is -2.39. The van der Waals surface area contributed by atoms with Gasteiger partial charge in [-0.1, -0.05) is 71.4 Å². The van der Waals surface area contributed by atoms with Crippen molar-refractivity contribution in [1.82, 2.24) is 5.32 Å². The largest absolute Gasteiger partial charge is 0.313 e. The molecule has 1 heteroatoms. The molecule has 0 aliphatic heterocycles. The first kappa shape index (κ1) is 17.2. The van der Waals surface area contributed by atoms with Crippen LogP contribution in [0.5, 0.6) is 0 Å². The van der Waals surface area contributed by atoms with E-state index in [2.05, 4.69) is 70.3 Å². The van der Waals surface area contributed by atoms with E-state index in [0.29, 0.717) is 17.9 Å². The van der Waals surface area contributed by atoms with Gasteiger partial charge in [-0.15, -0.1) is 0 Å². The van der Waals surface area contributed by atoms with Crippen molar-refractivity contribution in [2.45, 2.75) is 65.8 Å². The second-order valence-corrected chi connectivity index (χ2v) is 6.51. The SMILES string of the molecule is CCCNC(CC(C)C)C(c1ccccc1)C(C)CC. The Bertz CT molecular complexity index is 344. The first-order valence-corrected chi connectivity index (χ1v) is 8.38. The molecule has 0 aliphatic rings. The van der Waals surface area contributed by atoms with E-state index in [1.165, 1.54) is 24.8 Å². The Hall–Kier alpha value is -0.820. The van der Waals surface area contributed by atoms with Gasteiger partial charge in [0.1, 0.15) is 0 Å². The molecule has 3 unspecified atom stereocenters. The summed E-state index contributed by atoms with van der Waals surface area (Å²) in [5.41, 5.74) is 1.50. The second-order valence-electron chi connectivity index (χ2n) is 6.51. The van der Waals surface area contributed by atoms with Gasteiger partial charge in [0, 0.05) is 12.0 Å². The molecule has 1 aromatic rings. The van der Waals surface area contributed by atoms with Gasteiger partial charge in [-0.3, -0.25) is 0 Å². The Balaban J connectivity index is 2.97. The van der Waals surface area contributed by atoms with Crippen LogP contribution in [0.15, 0.2) is 30.3 Å². The number of hydrogen-bond acceptors (Lipinski definition) is 1. The van der Waals surface area contributed by atoms with Gasteiger partial charge in [-0.05, 0) is 36.8 Å². The first-order valence-electron chi connectivity index (χ1n) is 8.38. The Morgan fingerprint density at radius 3 is 2.15 bits per heavy atom. The molecule has 0 aliphatic carbocycles. The second kappa shape index (κ2) is 9.18. The summed E-state index contributed by atoms with van der Waals surface area (Å²) in [7, 11) is 0. The zero-order valence-corrected chi connectivity index (χ0v) is 14.0. The van der Waals surface area contributed by atoms with Crippen molar-refractivity contribution in [1.29, 1.82) is 0 Å². The van der Waals surface area contributed by atoms with Crippen LogP contribution in [0.3, 0.4) is 0 Å². The third kappa shape index (κ3) is 5.28. The van der Waals surface area contributed by atoms with E-state index in [1.807, 2.05) is 0 Å². The minimum absolute atomic E-state index is 0.590. The first-order chi connectivity index (χ1) is 9.60. The predicted octanol–water partition coefficient (Wildman–Crippen LogP) is 5.23. The van der Waals surface area contributed by atoms with Crippen LogP contribution >= 0.6 is 0 Å². The highest BCUT2D eigenvalue weighted by Gasteiger charge is 2.27. The van der Waals surface area contributed by atoms with Crippen molar-refractivity contribution in [3.05, 3.63) is 35.9 Å². The number of nitrogens with one attached hydrogen (secondary N) is 1. The Kier molecular flexibility index (Phi) is 7.91. The monoisotopic (exact) mass is 275 g/mol. The fraction of sp³-hybridized carbons (Fsp3) is 0.684. The lowest BCUT2D eigenvalue weighted by molar-refractivity contribution is 0.297. The molecule has 0 aromatic heterocycles. The summed E-state index contributed by atoms with van der Waals surface area (Å²) in [6, 6.07) is 11.7. The Labute approximate surface area is 126 Å². The van der Waals surface area contributed by atoms with Crippen LogP contribution in [0.2, 0.25) is 0 Å². The normalized spacial score (nSPS) is 16.1. The molecule has 0 amide bonds. The summed E-state index contributed by atoms with van der Waals surface area (Å²) in [6.45, 7) is 12.8. The molecule has 0 saturated heterocycles. The fourth-order valence-electron chi connectivity index (χ4n) is 3.08. The molecule has 0 heterocycles. The molecule has 1 rings (SSSR count). The summed E-state index contributed by atoms with van der Waals surface area (Å²) >= 11 is 0. The number of hydrogen-bond donors (Lipinski definition) is 1. The maximum Gasteiger partial charge on any atom is 0.0141 e. The van der Waals surface area contributed by atoms with Crippen molar-refractivity contribution in [2.75, 3.05) is 6.54 Å². The topological polar surface area (TPSA) is 12.0 Å².